The smallest absolute Gasteiger partial charge is 0.355 e. The molecule has 0 bridgehead atoms. The highest BCUT2D eigenvalue weighted by Gasteiger charge is 2.21. The largest absolute Gasteiger partial charge is 0.466 e. The minimum atomic E-state index is -0.475. The van der Waals surface area contributed by atoms with Crippen molar-refractivity contribution in [2.45, 2.75) is 46.8 Å². The first kappa shape index (κ1) is 21.2. The molecule has 0 saturated carbocycles. The number of nitrogens with one attached hydrogen (secondary N) is 1. The van der Waals surface area contributed by atoms with E-state index < -0.39 is 11.9 Å². The van der Waals surface area contributed by atoms with Crippen LogP contribution in [0, 0.1) is 6.92 Å². The zero-order chi connectivity index (χ0) is 20.5. The van der Waals surface area contributed by atoms with E-state index in [-0.39, 0.29) is 25.8 Å². The molecule has 1 aromatic heterocycles. The summed E-state index contributed by atoms with van der Waals surface area (Å²) in [6.07, 6.45) is 1.15. The fraction of sp³-hybridized carbons (Fsp3) is 0.381. The molecule has 0 amide bonds. The van der Waals surface area contributed by atoms with Gasteiger partial charge >= 0.3 is 17.9 Å². The first-order valence-corrected chi connectivity index (χ1v) is 9.06. The van der Waals surface area contributed by atoms with Crippen molar-refractivity contribution in [3.8, 4) is 0 Å². The summed E-state index contributed by atoms with van der Waals surface area (Å²) in [7, 11) is 0. The number of H-pyrrole nitrogens is 1. The van der Waals surface area contributed by atoms with Crippen LogP contribution < -0.4 is 0 Å². The van der Waals surface area contributed by atoms with Gasteiger partial charge in [0, 0.05) is 13.8 Å². The Bertz CT molecular complexity index is 825. The number of benzene rings is 1. The Morgan fingerprint density at radius 2 is 1.61 bits per heavy atom. The van der Waals surface area contributed by atoms with E-state index in [1.165, 1.54) is 13.8 Å². The number of rotatable bonds is 9. The summed E-state index contributed by atoms with van der Waals surface area (Å²) in [5.74, 6) is -1.22. The average Bonchev–Trinajstić information content (AvgIpc) is 2.98. The van der Waals surface area contributed by atoms with Gasteiger partial charge in [0.1, 0.15) is 18.9 Å². The van der Waals surface area contributed by atoms with Crippen LogP contribution in [0.2, 0.25) is 0 Å². The fourth-order valence-electron chi connectivity index (χ4n) is 2.80. The number of carbonyl (C=O) groups is 3. The first-order valence-electron chi connectivity index (χ1n) is 9.06. The molecule has 0 saturated heterocycles. The predicted molar refractivity (Wildman–Crippen MR) is 102 cm³/mol. The molecule has 1 heterocycles. The van der Waals surface area contributed by atoms with E-state index in [1.807, 2.05) is 37.3 Å². The molecule has 7 nitrogen and oxygen atoms in total. The maximum atomic E-state index is 12.5. The molecule has 0 fully saturated rings. The van der Waals surface area contributed by atoms with E-state index in [0.717, 1.165) is 16.7 Å². The van der Waals surface area contributed by atoms with Gasteiger partial charge in [-0.15, -0.1) is 0 Å². The molecule has 0 radical (unpaired) electrons. The van der Waals surface area contributed by atoms with E-state index in [9.17, 15) is 14.4 Å². The Hall–Kier alpha value is -3.09. The van der Waals surface area contributed by atoms with Gasteiger partial charge in [-0.2, -0.15) is 0 Å². The van der Waals surface area contributed by atoms with Gasteiger partial charge in [0.15, 0.2) is 0 Å². The molecule has 7 heteroatoms. The quantitative estimate of drug-likeness (QED) is 0.403. The second-order valence-electron chi connectivity index (χ2n) is 6.37. The summed E-state index contributed by atoms with van der Waals surface area (Å²) in [5.41, 5.74) is 3.47. The van der Waals surface area contributed by atoms with Gasteiger partial charge in [0.2, 0.25) is 0 Å². The van der Waals surface area contributed by atoms with E-state index >= 15 is 0 Å². The van der Waals surface area contributed by atoms with Gasteiger partial charge in [-0.25, -0.2) is 4.79 Å². The lowest BCUT2D eigenvalue weighted by atomic mass is 10.0. The number of carbonyl (C=O) groups excluding carboxylic acids is 3. The highest BCUT2D eigenvalue weighted by atomic mass is 16.5. The van der Waals surface area contributed by atoms with Crippen molar-refractivity contribution in [1.29, 1.82) is 0 Å². The molecule has 0 atom stereocenters. The van der Waals surface area contributed by atoms with Gasteiger partial charge in [-0.1, -0.05) is 30.3 Å². The zero-order valence-electron chi connectivity index (χ0n) is 16.4. The Balaban J connectivity index is 2.11. The number of ether oxygens (including phenoxy) is 3. The summed E-state index contributed by atoms with van der Waals surface area (Å²) < 4.78 is 15.4. The van der Waals surface area contributed by atoms with Crippen LogP contribution in [0.3, 0.4) is 0 Å². The lowest BCUT2D eigenvalue weighted by Gasteiger charge is -2.06. The van der Waals surface area contributed by atoms with Crippen molar-refractivity contribution < 1.29 is 28.6 Å². The molecule has 28 heavy (non-hydrogen) atoms. The topological polar surface area (TPSA) is 94.7 Å². The molecule has 2 rings (SSSR count). The Morgan fingerprint density at radius 3 is 2.25 bits per heavy atom. The molecule has 0 aliphatic heterocycles. The monoisotopic (exact) mass is 387 g/mol. The number of hydrogen-bond donors (Lipinski definition) is 1. The second-order valence-corrected chi connectivity index (χ2v) is 6.37. The van der Waals surface area contributed by atoms with E-state index in [0.29, 0.717) is 24.2 Å². The van der Waals surface area contributed by atoms with Gasteiger partial charge < -0.3 is 19.2 Å². The van der Waals surface area contributed by atoms with Crippen molar-refractivity contribution in [2.24, 2.45) is 0 Å². The van der Waals surface area contributed by atoms with Crippen LogP contribution >= 0.6 is 0 Å². The summed E-state index contributed by atoms with van der Waals surface area (Å²) in [6.45, 7) is 4.97. The van der Waals surface area contributed by atoms with E-state index in [2.05, 4.69) is 4.98 Å². The predicted octanol–water partition coefficient (Wildman–Crippen LogP) is 3.24. The minimum absolute atomic E-state index is 0.0328. The van der Waals surface area contributed by atoms with Gasteiger partial charge in [-0.3, -0.25) is 9.59 Å². The van der Waals surface area contributed by atoms with Gasteiger partial charge in [0.25, 0.3) is 0 Å². The Kier molecular flexibility index (Phi) is 7.80. The Labute approximate surface area is 164 Å². The fourth-order valence-corrected chi connectivity index (χ4v) is 2.80. The highest BCUT2D eigenvalue weighted by Crippen LogP contribution is 2.22. The summed E-state index contributed by atoms with van der Waals surface area (Å²) >= 11 is 0. The molecular weight excluding hydrogens is 362 g/mol. The zero-order valence-corrected chi connectivity index (χ0v) is 16.4. The number of hydrogen-bond acceptors (Lipinski definition) is 6. The van der Waals surface area contributed by atoms with Crippen LogP contribution in [-0.2, 0) is 43.4 Å². The maximum Gasteiger partial charge on any atom is 0.355 e. The van der Waals surface area contributed by atoms with Crippen molar-refractivity contribution in [3.63, 3.8) is 0 Å². The van der Waals surface area contributed by atoms with Crippen molar-refractivity contribution in [1.82, 2.24) is 4.98 Å². The molecule has 0 aliphatic rings. The summed E-state index contributed by atoms with van der Waals surface area (Å²) in [4.78, 5) is 37.6. The molecule has 1 aromatic carbocycles. The molecule has 2 aromatic rings. The summed E-state index contributed by atoms with van der Waals surface area (Å²) in [5, 5.41) is 0. The van der Waals surface area contributed by atoms with Crippen LogP contribution in [0.4, 0.5) is 0 Å². The Morgan fingerprint density at radius 1 is 0.929 bits per heavy atom. The van der Waals surface area contributed by atoms with E-state index in [4.69, 9.17) is 14.2 Å². The average molecular weight is 387 g/mol. The number of esters is 3. The lowest BCUT2D eigenvalue weighted by molar-refractivity contribution is -0.142. The van der Waals surface area contributed by atoms with Gasteiger partial charge in [-0.05, 0) is 36.5 Å². The molecule has 150 valence electrons. The molecule has 1 N–H and O–H groups in total. The minimum Gasteiger partial charge on any atom is -0.466 e. The van der Waals surface area contributed by atoms with Crippen LogP contribution in [0.15, 0.2) is 30.3 Å². The van der Waals surface area contributed by atoms with Crippen molar-refractivity contribution in [2.75, 3.05) is 6.61 Å². The third-order valence-corrected chi connectivity index (χ3v) is 4.18. The van der Waals surface area contributed by atoms with Gasteiger partial charge in [0.05, 0.1) is 12.3 Å². The molecule has 0 spiro atoms. The summed E-state index contributed by atoms with van der Waals surface area (Å²) in [6, 6.07) is 9.40. The number of aromatic amines is 1. The SMILES string of the molecule is CC(=O)OCCCc1c(COC(C)=O)[nH]c(C(=O)OCc2ccccc2)c1C. The van der Waals surface area contributed by atoms with Crippen LogP contribution in [0.1, 0.15) is 53.1 Å². The molecule has 0 aliphatic carbocycles. The van der Waals surface area contributed by atoms with Crippen molar-refractivity contribution >= 4 is 17.9 Å². The maximum absolute atomic E-state index is 12.5. The molecular formula is C21H25NO6. The van der Waals surface area contributed by atoms with Crippen LogP contribution in [-0.4, -0.2) is 29.5 Å². The number of aromatic nitrogens is 1. The van der Waals surface area contributed by atoms with Crippen molar-refractivity contribution in [3.05, 3.63) is 58.4 Å². The van der Waals surface area contributed by atoms with E-state index in [1.54, 1.807) is 0 Å². The highest BCUT2D eigenvalue weighted by molar-refractivity contribution is 5.89. The second kappa shape index (κ2) is 10.3. The first-order chi connectivity index (χ1) is 13.4. The third kappa shape index (κ3) is 6.26. The normalized spacial score (nSPS) is 10.4. The molecule has 0 unspecified atom stereocenters. The third-order valence-electron chi connectivity index (χ3n) is 4.18. The standard InChI is InChI=1S/C21H25NO6/c1-14-18(10-7-11-26-15(2)23)19(13-27-16(3)24)22-20(14)21(25)28-12-17-8-5-4-6-9-17/h4-6,8-9,22H,7,10-13H2,1-3H3. The lowest BCUT2D eigenvalue weighted by Crippen LogP contribution is -2.07. The van der Waals surface area contributed by atoms with Crippen LogP contribution in [0.5, 0.6) is 0 Å². The van der Waals surface area contributed by atoms with Crippen LogP contribution in [0.25, 0.3) is 0 Å².